The van der Waals surface area contributed by atoms with Crippen LogP contribution in [0.3, 0.4) is 0 Å². The van der Waals surface area contributed by atoms with E-state index in [1.165, 1.54) is 19.3 Å². The molecule has 0 aromatic heterocycles. The Morgan fingerprint density at radius 2 is 2.12 bits per heavy atom. The summed E-state index contributed by atoms with van der Waals surface area (Å²) in [4.78, 5) is 0. The molecule has 1 aromatic carbocycles. The Labute approximate surface area is 102 Å². The second kappa shape index (κ2) is 3.91. The molecule has 1 aliphatic carbocycles. The molecule has 1 saturated heterocycles. The number of fused-ring (bicyclic) bond motifs is 1. The number of methoxy groups -OCH3 is 2. The highest BCUT2D eigenvalue weighted by Gasteiger charge is 2.59. The van der Waals surface area contributed by atoms with Crippen molar-refractivity contribution in [2.45, 2.75) is 37.4 Å². The Morgan fingerprint density at radius 3 is 2.82 bits per heavy atom. The third-order valence-electron chi connectivity index (χ3n) is 3.94. The van der Waals surface area contributed by atoms with Gasteiger partial charge < -0.3 is 14.2 Å². The summed E-state index contributed by atoms with van der Waals surface area (Å²) < 4.78 is 16.7. The summed E-state index contributed by atoms with van der Waals surface area (Å²) in [5, 5.41) is 0. The van der Waals surface area contributed by atoms with Gasteiger partial charge in [-0.25, -0.2) is 0 Å². The standard InChI is InChI=1S/C14H18O3/c1-15-10-6-7-12(16-2)11(9-10)14-8-4-3-5-13(14)17-14/h6-7,9,13H,3-5,8H2,1-2H3. The number of ether oxygens (including phenoxy) is 3. The van der Waals surface area contributed by atoms with Gasteiger partial charge in [-0.1, -0.05) is 12.8 Å². The lowest BCUT2D eigenvalue weighted by atomic mass is 9.83. The molecule has 2 unspecified atom stereocenters. The van der Waals surface area contributed by atoms with Crippen molar-refractivity contribution in [2.24, 2.45) is 0 Å². The molecule has 3 heteroatoms. The Balaban J connectivity index is 2.01. The molecule has 0 bridgehead atoms. The zero-order chi connectivity index (χ0) is 11.9. The average molecular weight is 234 g/mol. The molecule has 1 heterocycles. The number of hydrogen-bond acceptors (Lipinski definition) is 3. The molecule has 3 rings (SSSR count). The van der Waals surface area contributed by atoms with Crippen LogP contribution in [0, 0.1) is 0 Å². The minimum Gasteiger partial charge on any atom is -0.497 e. The smallest absolute Gasteiger partial charge is 0.125 e. The van der Waals surface area contributed by atoms with Crippen LogP contribution in [0.25, 0.3) is 0 Å². The Kier molecular flexibility index (Phi) is 2.51. The number of epoxide rings is 1. The molecule has 1 saturated carbocycles. The first-order chi connectivity index (χ1) is 8.30. The summed E-state index contributed by atoms with van der Waals surface area (Å²) in [6, 6.07) is 5.96. The normalized spacial score (nSPS) is 30.6. The number of rotatable bonds is 3. The van der Waals surface area contributed by atoms with Crippen molar-refractivity contribution in [3.05, 3.63) is 23.8 Å². The van der Waals surface area contributed by atoms with E-state index in [-0.39, 0.29) is 5.60 Å². The first-order valence-electron chi connectivity index (χ1n) is 6.20. The highest BCUT2D eigenvalue weighted by atomic mass is 16.6. The maximum atomic E-state index is 5.96. The fraction of sp³-hybridized carbons (Fsp3) is 0.571. The molecular formula is C14H18O3. The summed E-state index contributed by atoms with van der Waals surface area (Å²) in [5.41, 5.74) is 1.07. The van der Waals surface area contributed by atoms with Crippen LogP contribution in [-0.4, -0.2) is 20.3 Å². The molecule has 2 fully saturated rings. The van der Waals surface area contributed by atoms with Gasteiger partial charge in [0.25, 0.3) is 0 Å². The molecular weight excluding hydrogens is 216 g/mol. The minimum absolute atomic E-state index is 0.0852. The van der Waals surface area contributed by atoms with E-state index < -0.39 is 0 Å². The van der Waals surface area contributed by atoms with Gasteiger partial charge in [0.2, 0.25) is 0 Å². The first kappa shape index (κ1) is 10.9. The molecule has 3 nitrogen and oxygen atoms in total. The fourth-order valence-corrected chi connectivity index (χ4v) is 2.97. The molecule has 2 atom stereocenters. The maximum Gasteiger partial charge on any atom is 0.125 e. The molecule has 0 amide bonds. The first-order valence-corrected chi connectivity index (χ1v) is 6.20. The third kappa shape index (κ3) is 1.61. The molecule has 0 radical (unpaired) electrons. The SMILES string of the molecule is COc1ccc(OC)c(C23CCCCC2O3)c1. The van der Waals surface area contributed by atoms with Gasteiger partial charge in [0.1, 0.15) is 17.1 Å². The molecule has 2 aliphatic rings. The van der Waals surface area contributed by atoms with Crippen molar-refractivity contribution in [2.75, 3.05) is 14.2 Å². The summed E-state index contributed by atoms with van der Waals surface area (Å²) in [6.45, 7) is 0. The molecule has 1 aliphatic heterocycles. The Bertz CT molecular complexity index is 429. The zero-order valence-electron chi connectivity index (χ0n) is 10.4. The monoisotopic (exact) mass is 234 g/mol. The fourth-order valence-electron chi connectivity index (χ4n) is 2.97. The topological polar surface area (TPSA) is 31.0 Å². The predicted molar refractivity (Wildman–Crippen MR) is 64.6 cm³/mol. The van der Waals surface area contributed by atoms with Gasteiger partial charge in [-0.2, -0.15) is 0 Å². The lowest BCUT2D eigenvalue weighted by molar-refractivity contribution is 0.279. The third-order valence-corrected chi connectivity index (χ3v) is 3.94. The van der Waals surface area contributed by atoms with Crippen molar-refractivity contribution in [3.63, 3.8) is 0 Å². The van der Waals surface area contributed by atoms with Crippen LogP contribution in [0.5, 0.6) is 11.5 Å². The van der Waals surface area contributed by atoms with Crippen LogP contribution in [0.15, 0.2) is 18.2 Å². The molecule has 1 aromatic rings. The number of hydrogen-bond donors (Lipinski definition) is 0. The van der Waals surface area contributed by atoms with Crippen LogP contribution in [0.2, 0.25) is 0 Å². The molecule has 92 valence electrons. The van der Waals surface area contributed by atoms with E-state index in [2.05, 4.69) is 6.07 Å². The maximum absolute atomic E-state index is 5.96. The van der Waals surface area contributed by atoms with E-state index in [4.69, 9.17) is 14.2 Å². The van der Waals surface area contributed by atoms with Gasteiger partial charge in [-0.05, 0) is 31.0 Å². The van der Waals surface area contributed by atoms with Gasteiger partial charge >= 0.3 is 0 Å². The quantitative estimate of drug-likeness (QED) is 0.753. The van der Waals surface area contributed by atoms with E-state index >= 15 is 0 Å². The van der Waals surface area contributed by atoms with Crippen LogP contribution < -0.4 is 9.47 Å². The van der Waals surface area contributed by atoms with Crippen molar-refractivity contribution in [1.82, 2.24) is 0 Å². The van der Waals surface area contributed by atoms with E-state index in [1.807, 2.05) is 12.1 Å². The van der Waals surface area contributed by atoms with Gasteiger partial charge in [-0.15, -0.1) is 0 Å². The average Bonchev–Trinajstić information content (AvgIpc) is 3.13. The van der Waals surface area contributed by atoms with Crippen molar-refractivity contribution >= 4 is 0 Å². The van der Waals surface area contributed by atoms with Crippen molar-refractivity contribution in [1.29, 1.82) is 0 Å². The second-order valence-corrected chi connectivity index (χ2v) is 4.81. The number of benzene rings is 1. The van der Waals surface area contributed by atoms with Crippen LogP contribution in [0.1, 0.15) is 31.2 Å². The highest BCUT2D eigenvalue weighted by molar-refractivity contribution is 5.47. The summed E-state index contributed by atoms with van der Waals surface area (Å²) in [5.74, 6) is 1.78. The minimum atomic E-state index is -0.0852. The lowest BCUT2D eigenvalue weighted by Gasteiger charge is -2.20. The van der Waals surface area contributed by atoms with Crippen molar-refractivity contribution in [3.8, 4) is 11.5 Å². The van der Waals surface area contributed by atoms with Crippen LogP contribution in [0.4, 0.5) is 0 Å². The lowest BCUT2D eigenvalue weighted by Crippen LogP contribution is -2.18. The van der Waals surface area contributed by atoms with Gasteiger partial charge in [-0.3, -0.25) is 0 Å². The van der Waals surface area contributed by atoms with Gasteiger partial charge in [0.05, 0.1) is 20.3 Å². The van der Waals surface area contributed by atoms with Crippen LogP contribution >= 0.6 is 0 Å². The van der Waals surface area contributed by atoms with E-state index in [0.717, 1.165) is 23.5 Å². The van der Waals surface area contributed by atoms with E-state index in [9.17, 15) is 0 Å². The highest BCUT2D eigenvalue weighted by Crippen LogP contribution is 2.57. The summed E-state index contributed by atoms with van der Waals surface area (Å²) in [7, 11) is 3.40. The molecule has 0 N–H and O–H groups in total. The zero-order valence-corrected chi connectivity index (χ0v) is 10.4. The van der Waals surface area contributed by atoms with Gasteiger partial charge in [0, 0.05) is 5.56 Å². The Morgan fingerprint density at radius 1 is 1.24 bits per heavy atom. The largest absolute Gasteiger partial charge is 0.497 e. The van der Waals surface area contributed by atoms with Crippen LogP contribution in [-0.2, 0) is 10.3 Å². The van der Waals surface area contributed by atoms with E-state index in [1.54, 1.807) is 14.2 Å². The molecule has 0 spiro atoms. The van der Waals surface area contributed by atoms with E-state index in [0.29, 0.717) is 6.10 Å². The Hall–Kier alpha value is -1.22. The molecule has 17 heavy (non-hydrogen) atoms. The van der Waals surface area contributed by atoms with Crippen molar-refractivity contribution < 1.29 is 14.2 Å². The second-order valence-electron chi connectivity index (χ2n) is 4.81. The predicted octanol–water partition coefficient (Wildman–Crippen LogP) is 2.87. The summed E-state index contributed by atoms with van der Waals surface area (Å²) >= 11 is 0. The summed E-state index contributed by atoms with van der Waals surface area (Å²) in [6.07, 6.45) is 5.16. The van der Waals surface area contributed by atoms with Gasteiger partial charge in [0.15, 0.2) is 0 Å².